The van der Waals surface area contributed by atoms with E-state index in [1.54, 1.807) is 37.6 Å². The number of sulfonamides is 1. The Balaban J connectivity index is 1.65. The lowest BCUT2D eigenvalue weighted by Gasteiger charge is -2.11. The van der Waals surface area contributed by atoms with Crippen molar-refractivity contribution < 1.29 is 13.2 Å². The van der Waals surface area contributed by atoms with Crippen molar-refractivity contribution in [3.63, 3.8) is 0 Å². The number of methoxy groups -OCH3 is 1. The van der Waals surface area contributed by atoms with E-state index in [1.165, 1.54) is 0 Å². The highest BCUT2D eigenvalue weighted by Crippen LogP contribution is 2.20. The van der Waals surface area contributed by atoms with Gasteiger partial charge in [-0.25, -0.2) is 13.4 Å². The van der Waals surface area contributed by atoms with Crippen LogP contribution in [0.4, 0.5) is 11.5 Å². The molecule has 0 atom stereocenters. The minimum atomic E-state index is -3.66. The van der Waals surface area contributed by atoms with Crippen molar-refractivity contribution in [2.24, 2.45) is 0 Å². The van der Waals surface area contributed by atoms with Crippen molar-refractivity contribution in [2.45, 2.75) is 24.8 Å². The van der Waals surface area contributed by atoms with Gasteiger partial charge >= 0.3 is 0 Å². The number of pyridine rings is 1. The van der Waals surface area contributed by atoms with E-state index in [1.807, 2.05) is 43.3 Å². The minimum Gasteiger partial charge on any atom is -0.496 e. The van der Waals surface area contributed by atoms with Gasteiger partial charge in [-0.2, -0.15) is 0 Å². The van der Waals surface area contributed by atoms with Gasteiger partial charge in [0.2, 0.25) is 0 Å². The average Bonchev–Trinajstić information content (AvgIpc) is 2.73. The van der Waals surface area contributed by atoms with Crippen molar-refractivity contribution >= 4 is 21.5 Å². The summed E-state index contributed by atoms with van der Waals surface area (Å²) in [4.78, 5) is 4.41. The zero-order valence-corrected chi connectivity index (χ0v) is 16.7. The van der Waals surface area contributed by atoms with Crippen molar-refractivity contribution in [1.29, 1.82) is 0 Å². The summed E-state index contributed by atoms with van der Waals surface area (Å²) >= 11 is 0. The van der Waals surface area contributed by atoms with Gasteiger partial charge in [-0.15, -0.1) is 0 Å². The Hall–Kier alpha value is -3.06. The molecule has 1 aromatic heterocycles. The molecule has 3 rings (SSSR count). The number of benzene rings is 2. The monoisotopic (exact) mass is 397 g/mol. The molecule has 0 radical (unpaired) electrons. The molecule has 1 heterocycles. The molecule has 2 N–H and O–H groups in total. The summed E-state index contributed by atoms with van der Waals surface area (Å²) in [5.74, 6) is 1.07. The predicted molar refractivity (Wildman–Crippen MR) is 111 cm³/mol. The Morgan fingerprint density at radius 1 is 1.00 bits per heavy atom. The third-order valence-electron chi connectivity index (χ3n) is 4.32. The van der Waals surface area contributed by atoms with Crippen LogP contribution in [0.5, 0.6) is 5.75 Å². The number of ether oxygens (including phenoxy) is 1. The average molecular weight is 398 g/mol. The van der Waals surface area contributed by atoms with Gasteiger partial charge in [-0.05, 0) is 42.3 Å². The van der Waals surface area contributed by atoms with Crippen LogP contribution in [0.15, 0.2) is 71.8 Å². The van der Waals surface area contributed by atoms with Crippen LogP contribution >= 0.6 is 0 Å². The van der Waals surface area contributed by atoms with Crippen LogP contribution in [0.3, 0.4) is 0 Å². The molecular formula is C21H23N3O3S. The highest BCUT2D eigenvalue weighted by Gasteiger charge is 2.14. The first-order valence-corrected chi connectivity index (χ1v) is 10.4. The van der Waals surface area contributed by atoms with E-state index in [0.29, 0.717) is 6.54 Å². The van der Waals surface area contributed by atoms with Gasteiger partial charge in [-0.3, -0.25) is 4.72 Å². The molecule has 6 nitrogen and oxygen atoms in total. The molecule has 0 amide bonds. The van der Waals surface area contributed by atoms with E-state index < -0.39 is 10.0 Å². The first-order chi connectivity index (χ1) is 13.5. The normalized spacial score (nSPS) is 11.1. The summed E-state index contributed by atoms with van der Waals surface area (Å²) in [6, 6.07) is 18.0. The van der Waals surface area contributed by atoms with Crippen LogP contribution in [-0.4, -0.2) is 20.5 Å². The van der Waals surface area contributed by atoms with Gasteiger partial charge in [-0.1, -0.05) is 37.3 Å². The maximum atomic E-state index is 12.5. The van der Waals surface area contributed by atoms with Gasteiger partial charge in [0.15, 0.2) is 0 Å². The van der Waals surface area contributed by atoms with Gasteiger partial charge < -0.3 is 10.1 Å². The molecule has 0 aliphatic heterocycles. The van der Waals surface area contributed by atoms with Crippen LogP contribution < -0.4 is 14.8 Å². The second-order valence-electron chi connectivity index (χ2n) is 6.20. The Morgan fingerprint density at radius 2 is 1.75 bits per heavy atom. The number of aromatic nitrogens is 1. The van der Waals surface area contributed by atoms with Crippen LogP contribution in [0.1, 0.15) is 18.1 Å². The van der Waals surface area contributed by atoms with Crippen LogP contribution in [0, 0.1) is 0 Å². The number of rotatable bonds is 8. The lowest BCUT2D eigenvalue weighted by Crippen LogP contribution is -2.14. The first kappa shape index (κ1) is 19.7. The van der Waals surface area contributed by atoms with E-state index in [4.69, 9.17) is 4.74 Å². The predicted octanol–water partition coefficient (Wildman–Crippen LogP) is 4.07. The second kappa shape index (κ2) is 8.75. The van der Waals surface area contributed by atoms with E-state index >= 15 is 0 Å². The maximum absolute atomic E-state index is 12.5. The highest BCUT2D eigenvalue weighted by molar-refractivity contribution is 7.92. The molecule has 0 saturated heterocycles. The van der Waals surface area contributed by atoms with Crippen LogP contribution in [0.25, 0.3) is 0 Å². The summed E-state index contributed by atoms with van der Waals surface area (Å²) in [6.07, 6.45) is 2.45. The highest BCUT2D eigenvalue weighted by atomic mass is 32.2. The van der Waals surface area contributed by atoms with Gasteiger partial charge in [0.1, 0.15) is 11.6 Å². The molecule has 28 heavy (non-hydrogen) atoms. The fourth-order valence-electron chi connectivity index (χ4n) is 2.71. The van der Waals surface area contributed by atoms with Crippen molar-refractivity contribution in [2.75, 3.05) is 17.1 Å². The summed E-state index contributed by atoms with van der Waals surface area (Å²) in [6.45, 7) is 2.59. The molecule has 0 bridgehead atoms. The number of aryl methyl sites for hydroxylation is 1. The molecule has 0 aliphatic carbocycles. The zero-order chi connectivity index (χ0) is 20.0. The summed E-state index contributed by atoms with van der Waals surface area (Å²) in [5.41, 5.74) is 2.88. The molecule has 0 saturated carbocycles. The maximum Gasteiger partial charge on any atom is 0.263 e. The standard InChI is InChI=1S/C21H23N3O3S/c1-3-16-8-11-19(12-9-16)28(25,26)24-21-13-10-18(15-23-21)22-14-17-6-4-5-7-20(17)27-2/h4-13,15,22H,3,14H2,1-2H3,(H,23,24). The Bertz CT molecular complexity index is 1020. The number of hydrogen-bond donors (Lipinski definition) is 2. The van der Waals surface area contributed by atoms with Crippen LogP contribution in [-0.2, 0) is 23.0 Å². The van der Waals surface area contributed by atoms with Gasteiger partial charge in [0, 0.05) is 12.1 Å². The lowest BCUT2D eigenvalue weighted by molar-refractivity contribution is 0.410. The summed E-state index contributed by atoms with van der Waals surface area (Å²) in [7, 11) is -2.03. The topological polar surface area (TPSA) is 80.3 Å². The van der Waals surface area contributed by atoms with E-state index in [0.717, 1.165) is 29.0 Å². The minimum absolute atomic E-state index is 0.213. The molecule has 0 fully saturated rings. The zero-order valence-electron chi connectivity index (χ0n) is 15.8. The fourth-order valence-corrected chi connectivity index (χ4v) is 3.71. The number of para-hydroxylation sites is 1. The number of anilines is 2. The second-order valence-corrected chi connectivity index (χ2v) is 7.88. The molecule has 0 aliphatic rings. The van der Waals surface area contributed by atoms with Gasteiger partial charge in [0.05, 0.1) is 23.9 Å². The van der Waals surface area contributed by atoms with Crippen molar-refractivity contribution in [3.05, 3.63) is 78.0 Å². The molecule has 2 aromatic carbocycles. The molecule has 146 valence electrons. The summed E-state index contributed by atoms with van der Waals surface area (Å²) in [5, 5.41) is 3.25. The molecule has 0 spiro atoms. The fraction of sp³-hybridized carbons (Fsp3) is 0.190. The van der Waals surface area contributed by atoms with E-state index in [9.17, 15) is 8.42 Å². The summed E-state index contributed by atoms with van der Waals surface area (Å²) < 4.78 is 32.8. The third-order valence-corrected chi connectivity index (χ3v) is 5.69. The molecule has 0 unspecified atom stereocenters. The first-order valence-electron chi connectivity index (χ1n) is 8.95. The Kier molecular flexibility index (Phi) is 6.16. The molecule has 7 heteroatoms. The SMILES string of the molecule is CCc1ccc(S(=O)(=O)Nc2ccc(NCc3ccccc3OC)cn2)cc1. The Labute approximate surface area is 165 Å². The molecule has 3 aromatic rings. The number of nitrogens with one attached hydrogen (secondary N) is 2. The number of hydrogen-bond acceptors (Lipinski definition) is 5. The van der Waals surface area contributed by atoms with E-state index in [2.05, 4.69) is 15.0 Å². The largest absolute Gasteiger partial charge is 0.496 e. The van der Waals surface area contributed by atoms with Crippen molar-refractivity contribution in [1.82, 2.24) is 4.98 Å². The lowest BCUT2D eigenvalue weighted by atomic mass is 10.2. The third kappa shape index (κ3) is 4.80. The quantitative estimate of drug-likeness (QED) is 0.599. The van der Waals surface area contributed by atoms with Crippen molar-refractivity contribution in [3.8, 4) is 5.75 Å². The smallest absolute Gasteiger partial charge is 0.263 e. The number of nitrogens with zero attached hydrogens (tertiary/aromatic N) is 1. The molecular weight excluding hydrogens is 374 g/mol. The van der Waals surface area contributed by atoms with Crippen LogP contribution in [0.2, 0.25) is 0 Å². The van der Waals surface area contributed by atoms with E-state index in [-0.39, 0.29) is 10.7 Å². The van der Waals surface area contributed by atoms with Gasteiger partial charge in [0.25, 0.3) is 10.0 Å². The Morgan fingerprint density at radius 3 is 2.39 bits per heavy atom.